The third-order valence-corrected chi connectivity index (χ3v) is 7.57. The van der Waals surface area contributed by atoms with E-state index in [4.69, 9.17) is 4.74 Å². The molecule has 0 fully saturated rings. The normalized spacial score (nSPS) is 14.6. The van der Waals surface area contributed by atoms with Gasteiger partial charge in [0.15, 0.2) is 0 Å². The minimum atomic E-state index is 0.0711. The standard InChI is InChI=1S/C21H20O2S2/c1-24-21(25-2)13-14-23-20-18(7-4-8-19(20)21)6-3-5-16-9-11-17(15-22)12-10-16/h4,7-12,15H,6,13-14H2,1-2H3. The highest BCUT2D eigenvalue weighted by atomic mass is 32.2. The van der Waals surface area contributed by atoms with Crippen molar-refractivity contribution in [2.24, 2.45) is 0 Å². The molecule has 0 bridgehead atoms. The van der Waals surface area contributed by atoms with Gasteiger partial charge in [0, 0.05) is 35.1 Å². The predicted molar refractivity (Wildman–Crippen MR) is 108 cm³/mol. The number of benzene rings is 2. The van der Waals surface area contributed by atoms with Gasteiger partial charge in [0.1, 0.15) is 12.0 Å². The number of aldehydes is 1. The summed E-state index contributed by atoms with van der Waals surface area (Å²) in [5.74, 6) is 7.41. The third kappa shape index (κ3) is 3.73. The molecule has 0 atom stereocenters. The summed E-state index contributed by atoms with van der Waals surface area (Å²) in [6.45, 7) is 0.742. The van der Waals surface area contributed by atoms with Gasteiger partial charge < -0.3 is 4.74 Å². The van der Waals surface area contributed by atoms with Crippen LogP contribution in [0.25, 0.3) is 0 Å². The number of fused-ring (bicyclic) bond motifs is 1. The summed E-state index contributed by atoms with van der Waals surface area (Å²) in [5.41, 5.74) is 4.00. The third-order valence-electron chi connectivity index (χ3n) is 4.40. The number of carbonyl (C=O) groups is 1. The Bertz CT molecular complexity index is 812. The topological polar surface area (TPSA) is 26.3 Å². The molecule has 128 valence electrons. The zero-order chi connectivity index (χ0) is 17.7. The van der Waals surface area contributed by atoms with Crippen LogP contribution in [0, 0.1) is 11.8 Å². The lowest BCUT2D eigenvalue weighted by Gasteiger charge is -2.36. The number of carbonyl (C=O) groups excluding carboxylic acids is 1. The molecular formula is C21H20O2S2. The molecule has 0 saturated heterocycles. The average molecular weight is 369 g/mol. The van der Waals surface area contributed by atoms with E-state index in [0.29, 0.717) is 12.0 Å². The van der Waals surface area contributed by atoms with Crippen LogP contribution in [-0.4, -0.2) is 25.4 Å². The van der Waals surface area contributed by atoms with Crippen LogP contribution in [0.15, 0.2) is 42.5 Å². The fraction of sp³-hybridized carbons (Fsp3) is 0.286. The summed E-state index contributed by atoms with van der Waals surface area (Å²) in [5, 5.41) is 0. The van der Waals surface area contributed by atoms with Crippen molar-refractivity contribution in [1.82, 2.24) is 0 Å². The van der Waals surface area contributed by atoms with Crippen molar-refractivity contribution >= 4 is 29.8 Å². The van der Waals surface area contributed by atoms with Crippen LogP contribution >= 0.6 is 23.5 Å². The van der Waals surface area contributed by atoms with Crippen molar-refractivity contribution < 1.29 is 9.53 Å². The maximum absolute atomic E-state index is 10.7. The van der Waals surface area contributed by atoms with Crippen LogP contribution in [-0.2, 0) is 10.5 Å². The number of rotatable bonds is 4. The molecule has 0 aliphatic carbocycles. The first kappa shape index (κ1) is 18.0. The lowest BCUT2D eigenvalue weighted by atomic mass is 9.99. The molecule has 1 aliphatic heterocycles. The van der Waals surface area contributed by atoms with Gasteiger partial charge in [-0.3, -0.25) is 4.79 Å². The lowest BCUT2D eigenvalue weighted by Crippen LogP contribution is -2.27. The van der Waals surface area contributed by atoms with Gasteiger partial charge in [-0.05, 0) is 24.6 Å². The maximum Gasteiger partial charge on any atom is 0.150 e. The SMILES string of the molecule is CSC1(SC)CCOc2c(CC#Cc3ccc(C=O)cc3)cccc21. The van der Waals surface area contributed by atoms with Crippen molar-refractivity contribution in [3.8, 4) is 17.6 Å². The van der Waals surface area contributed by atoms with Crippen LogP contribution in [0.2, 0.25) is 0 Å². The van der Waals surface area contributed by atoms with Crippen molar-refractivity contribution in [2.75, 3.05) is 19.1 Å². The van der Waals surface area contributed by atoms with Crippen molar-refractivity contribution in [2.45, 2.75) is 16.9 Å². The van der Waals surface area contributed by atoms with E-state index in [9.17, 15) is 4.79 Å². The molecule has 0 amide bonds. The highest BCUT2D eigenvalue weighted by molar-refractivity contribution is 8.16. The van der Waals surface area contributed by atoms with E-state index < -0.39 is 0 Å². The molecule has 0 aromatic heterocycles. The monoisotopic (exact) mass is 368 g/mol. The molecule has 2 aromatic carbocycles. The van der Waals surface area contributed by atoms with Gasteiger partial charge in [0.25, 0.3) is 0 Å². The first-order chi connectivity index (χ1) is 12.2. The summed E-state index contributed by atoms with van der Waals surface area (Å²) in [6, 6.07) is 13.7. The summed E-state index contributed by atoms with van der Waals surface area (Å²) >= 11 is 3.77. The van der Waals surface area contributed by atoms with Crippen LogP contribution in [0.3, 0.4) is 0 Å². The fourth-order valence-electron chi connectivity index (χ4n) is 3.01. The number of ether oxygens (including phenoxy) is 1. The van der Waals surface area contributed by atoms with Crippen LogP contribution in [0.1, 0.15) is 33.5 Å². The molecule has 0 N–H and O–H groups in total. The molecule has 0 unspecified atom stereocenters. The lowest BCUT2D eigenvalue weighted by molar-refractivity contribution is 0.112. The summed E-state index contributed by atoms with van der Waals surface area (Å²) in [4.78, 5) is 10.7. The smallest absolute Gasteiger partial charge is 0.150 e. The molecule has 0 radical (unpaired) electrons. The maximum atomic E-state index is 10.7. The summed E-state index contributed by atoms with van der Waals surface area (Å²) < 4.78 is 6.08. The second kappa shape index (κ2) is 8.03. The largest absolute Gasteiger partial charge is 0.493 e. The molecule has 0 saturated carbocycles. The van der Waals surface area contributed by atoms with E-state index in [0.717, 1.165) is 36.2 Å². The Hall–Kier alpha value is -1.83. The molecule has 2 nitrogen and oxygen atoms in total. The second-order valence-electron chi connectivity index (χ2n) is 5.77. The van der Waals surface area contributed by atoms with E-state index in [1.807, 2.05) is 35.7 Å². The number of hydrogen-bond acceptors (Lipinski definition) is 4. The first-order valence-electron chi connectivity index (χ1n) is 8.12. The molecule has 25 heavy (non-hydrogen) atoms. The Balaban J connectivity index is 1.85. The van der Waals surface area contributed by atoms with Crippen molar-refractivity contribution in [3.05, 3.63) is 64.7 Å². The van der Waals surface area contributed by atoms with E-state index in [1.165, 1.54) is 5.56 Å². The first-order valence-corrected chi connectivity index (χ1v) is 10.6. The predicted octanol–water partition coefficient (Wildman–Crippen LogP) is 4.75. The van der Waals surface area contributed by atoms with E-state index >= 15 is 0 Å². The van der Waals surface area contributed by atoms with E-state index in [-0.39, 0.29) is 4.08 Å². The highest BCUT2D eigenvalue weighted by Crippen LogP contribution is 2.53. The Morgan fingerprint density at radius 2 is 1.92 bits per heavy atom. The van der Waals surface area contributed by atoms with Crippen molar-refractivity contribution in [3.63, 3.8) is 0 Å². The Morgan fingerprint density at radius 3 is 2.60 bits per heavy atom. The summed E-state index contributed by atoms with van der Waals surface area (Å²) in [6.07, 6.45) is 6.84. The van der Waals surface area contributed by atoms with Gasteiger partial charge in [-0.2, -0.15) is 0 Å². The number of hydrogen-bond donors (Lipinski definition) is 0. The van der Waals surface area contributed by atoms with Gasteiger partial charge in [0.05, 0.1) is 10.7 Å². The fourth-order valence-corrected chi connectivity index (χ4v) is 5.01. The number of para-hydroxylation sites is 1. The molecule has 1 heterocycles. The average Bonchev–Trinajstić information content (AvgIpc) is 2.68. The second-order valence-corrected chi connectivity index (χ2v) is 8.24. The molecule has 0 spiro atoms. The van der Waals surface area contributed by atoms with Crippen LogP contribution in [0.4, 0.5) is 0 Å². The van der Waals surface area contributed by atoms with Crippen LogP contribution in [0.5, 0.6) is 5.75 Å². The quantitative estimate of drug-likeness (QED) is 0.442. The molecule has 4 heteroatoms. The molecular weight excluding hydrogens is 348 g/mol. The minimum absolute atomic E-state index is 0.0711. The molecule has 2 aromatic rings. The van der Waals surface area contributed by atoms with E-state index in [1.54, 1.807) is 12.1 Å². The van der Waals surface area contributed by atoms with Gasteiger partial charge in [-0.25, -0.2) is 0 Å². The minimum Gasteiger partial charge on any atom is -0.493 e. The summed E-state index contributed by atoms with van der Waals surface area (Å²) in [7, 11) is 0. The van der Waals surface area contributed by atoms with Crippen molar-refractivity contribution in [1.29, 1.82) is 0 Å². The van der Waals surface area contributed by atoms with Gasteiger partial charge in [-0.15, -0.1) is 23.5 Å². The molecule has 3 rings (SSSR count). The number of thioether (sulfide) groups is 2. The highest BCUT2D eigenvalue weighted by Gasteiger charge is 2.37. The Morgan fingerprint density at radius 1 is 1.16 bits per heavy atom. The molecule has 1 aliphatic rings. The zero-order valence-corrected chi connectivity index (χ0v) is 16.0. The van der Waals surface area contributed by atoms with Crippen LogP contribution < -0.4 is 4.74 Å². The zero-order valence-electron chi connectivity index (χ0n) is 14.4. The Labute approximate surface area is 157 Å². The van der Waals surface area contributed by atoms with Gasteiger partial charge >= 0.3 is 0 Å². The van der Waals surface area contributed by atoms with Gasteiger partial charge in [-0.1, -0.05) is 42.2 Å². The van der Waals surface area contributed by atoms with E-state index in [2.05, 4.69) is 42.6 Å². The van der Waals surface area contributed by atoms with Gasteiger partial charge in [0.2, 0.25) is 0 Å². The Kier molecular flexibility index (Phi) is 5.78.